The number of unbranched alkanes of at least 4 members (excludes halogenated alkanes) is 15. The van der Waals surface area contributed by atoms with E-state index in [-0.39, 0.29) is 24.2 Å². The maximum Gasteiger partial charge on any atom is 0.339 e. The third kappa shape index (κ3) is 16.1. The molecular formula is C30H50O7S. The number of hydrogen-bond acceptors (Lipinski definition) is 6. The SMILES string of the molecule is CCCCCCCCCCCCCCCCCCOC(=O)c1ccccc1C(=O)OCCC(C)S(=O)(=O)O. The predicted octanol–water partition coefficient (Wildman–Crippen LogP) is 7.93. The van der Waals surface area contributed by atoms with Gasteiger partial charge < -0.3 is 9.47 Å². The van der Waals surface area contributed by atoms with Crippen LogP contribution in [0.5, 0.6) is 0 Å². The Morgan fingerprint density at radius 1 is 0.684 bits per heavy atom. The molecule has 0 saturated carbocycles. The Morgan fingerprint density at radius 2 is 1.05 bits per heavy atom. The average molecular weight is 555 g/mol. The highest BCUT2D eigenvalue weighted by Crippen LogP contribution is 2.15. The minimum Gasteiger partial charge on any atom is -0.462 e. The van der Waals surface area contributed by atoms with Crippen molar-refractivity contribution < 1.29 is 32.0 Å². The minimum atomic E-state index is -4.18. The zero-order valence-electron chi connectivity index (χ0n) is 23.6. The Balaban J connectivity index is 2.12. The molecule has 7 nitrogen and oxygen atoms in total. The van der Waals surface area contributed by atoms with Crippen molar-refractivity contribution in [3.63, 3.8) is 0 Å². The first-order valence-electron chi connectivity index (χ1n) is 14.7. The van der Waals surface area contributed by atoms with Gasteiger partial charge in [0, 0.05) is 6.42 Å². The minimum absolute atomic E-state index is 0.0452. The number of esters is 2. The van der Waals surface area contributed by atoms with Crippen LogP contribution in [0.25, 0.3) is 0 Å². The highest BCUT2D eigenvalue weighted by Gasteiger charge is 2.21. The zero-order valence-corrected chi connectivity index (χ0v) is 24.4. The highest BCUT2D eigenvalue weighted by molar-refractivity contribution is 7.86. The van der Waals surface area contributed by atoms with Crippen LogP contribution < -0.4 is 0 Å². The highest BCUT2D eigenvalue weighted by atomic mass is 32.2. The monoisotopic (exact) mass is 554 g/mol. The molecule has 0 spiro atoms. The van der Waals surface area contributed by atoms with E-state index in [1.165, 1.54) is 103 Å². The quantitative estimate of drug-likeness (QED) is 0.0831. The molecule has 0 aromatic heterocycles. The van der Waals surface area contributed by atoms with Gasteiger partial charge in [-0.2, -0.15) is 8.42 Å². The van der Waals surface area contributed by atoms with Gasteiger partial charge in [-0.1, -0.05) is 115 Å². The third-order valence-electron chi connectivity index (χ3n) is 6.86. The van der Waals surface area contributed by atoms with Crippen LogP contribution >= 0.6 is 0 Å². The van der Waals surface area contributed by atoms with Gasteiger partial charge in [-0.3, -0.25) is 4.55 Å². The van der Waals surface area contributed by atoms with Crippen molar-refractivity contribution in [2.75, 3.05) is 13.2 Å². The molecule has 0 amide bonds. The van der Waals surface area contributed by atoms with Gasteiger partial charge in [0.05, 0.1) is 29.6 Å². The number of benzene rings is 1. The molecule has 1 N–H and O–H groups in total. The lowest BCUT2D eigenvalue weighted by Crippen LogP contribution is -2.20. The summed E-state index contributed by atoms with van der Waals surface area (Å²) in [6.07, 6.45) is 20.3. The van der Waals surface area contributed by atoms with Crippen molar-refractivity contribution in [3.05, 3.63) is 35.4 Å². The van der Waals surface area contributed by atoms with Crippen molar-refractivity contribution in [1.82, 2.24) is 0 Å². The summed E-state index contributed by atoms with van der Waals surface area (Å²) in [7, 11) is -4.18. The fourth-order valence-corrected chi connectivity index (χ4v) is 4.67. The van der Waals surface area contributed by atoms with Crippen LogP contribution in [0.4, 0.5) is 0 Å². The van der Waals surface area contributed by atoms with E-state index in [0.717, 1.165) is 19.3 Å². The first-order valence-corrected chi connectivity index (χ1v) is 16.2. The van der Waals surface area contributed by atoms with E-state index < -0.39 is 27.3 Å². The standard InChI is InChI=1S/C30H50O7S/c1-3-4-5-6-7-8-9-10-11-12-13-14-15-16-17-20-24-36-29(31)27-21-18-19-22-28(27)30(32)37-25-23-26(2)38(33,34)35/h18-19,21-22,26H,3-17,20,23-25H2,1-2H3,(H,33,34,35). The Morgan fingerprint density at radius 3 is 1.45 bits per heavy atom. The van der Waals surface area contributed by atoms with E-state index in [1.807, 2.05) is 0 Å². The molecule has 0 aliphatic heterocycles. The molecule has 0 aliphatic carbocycles. The largest absolute Gasteiger partial charge is 0.462 e. The Hall–Kier alpha value is -1.93. The van der Waals surface area contributed by atoms with Crippen LogP contribution in [0, 0.1) is 0 Å². The maximum atomic E-state index is 12.5. The van der Waals surface area contributed by atoms with Crippen LogP contribution in [0.15, 0.2) is 24.3 Å². The molecular weight excluding hydrogens is 504 g/mol. The van der Waals surface area contributed by atoms with Gasteiger partial charge in [-0.05, 0) is 25.5 Å². The van der Waals surface area contributed by atoms with E-state index in [4.69, 9.17) is 14.0 Å². The van der Waals surface area contributed by atoms with Gasteiger partial charge in [0.2, 0.25) is 0 Å². The van der Waals surface area contributed by atoms with Crippen molar-refractivity contribution in [2.24, 2.45) is 0 Å². The van der Waals surface area contributed by atoms with Crippen molar-refractivity contribution in [1.29, 1.82) is 0 Å². The Labute approximate surface area is 230 Å². The lowest BCUT2D eigenvalue weighted by Gasteiger charge is -2.11. The smallest absolute Gasteiger partial charge is 0.339 e. The van der Waals surface area contributed by atoms with E-state index in [2.05, 4.69) is 6.92 Å². The fraction of sp³-hybridized carbons (Fsp3) is 0.733. The van der Waals surface area contributed by atoms with Crippen LogP contribution in [0.3, 0.4) is 0 Å². The molecule has 0 radical (unpaired) electrons. The summed E-state index contributed by atoms with van der Waals surface area (Å²) in [5.41, 5.74) is 0.195. The first-order chi connectivity index (χ1) is 18.3. The molecule has 1 unspecified atom stereocenters. The van der Waals surface area contributed by atoms with Crippen LogP contribution in [-0.4, -0.2) is 43.4 Å². The van der Waals surface area contributed by atoms with Crippen LogP contribution in [0.1, 0.15) is 144 Å². The van der Waals surface area contributed by atoms with Crippen LogP contribution in [-0.2, 0) is 19.6 Å². The van der Waals surface area contributed by atoms with Gasteiger partial charge in [0.15, 0.2) is 0 Å². The maximum absolute atomic E-state index is 12.5. The second-order valence-electron chi connectivity index (χ2n) is 10.2. The number of carbonyl (C=O) groups excluding carboxylic acids is 2. The molecule has 218 valence electrons. The summed E-state index contributed by atoms with van der Waals surface area (Å²) < 4.78 is 41.6. The van der Waals surface area contributed by atoms with Gasteiger partial charge in [0.25, 0.3) is 10.1 Å². The van der Waals surface area contributed by atoms with Crippen molar-refractivity contribution in [2.45, 2.75) is 128 Å². The number of ether oxygens (including phenoxy) is 2. The lowest BCUT2D eigenvalue weighted by molar-refractivity contribution is 0.0451. The van der Waals surface area contributed by atoms with Crippen molar-refractivity contribution >= 4 is 22.1 Å². The van der Waals surface area contributed by atoms with Gasteiger partial charge in [-0.25, -0.2) is 9.59 Å². The summed E-state index contributed by atoms with van der Waals surface area (Å²) in [5, 5.41) is -1.05. The molecule has 1 rings (SSSR count). The number of rotatable bonds is 23. The molecule has 0 aliphatic rings. The molecule has 1 aromatic rings. The number of hydrogen-bond donors (Lipinski definition) is 1. The zero-order chi connectivity index (χ0) is 28.1. The molecule has 38 heavy (non-hydrogen) atoms. The van der Waals surface area contributed by atoms with E-state index in [0.29, 0.717) is 6.61 Å². The molecule has 1 atom stereocenters. The second kappa shape index (κ2) is 21.0. The van der Waals surface area contributed by atoms with Crippen LogP contribution in [0.2, 0.25) is 0 Å². The topological polar surface area (TPSA) is 107 Å². The van der Waals surface area contributed by atoms with E-state index >= 15 is 0 Å². The molecule has 0 saturated heterocycles. The molecule has 0 heterocycles. The summed E-state index contributed by atoms with van der Waals surface area (Å²) in [6.45, 7) is 3.69. The van der Waals surface area contributed by atoms with Gasteiger partial charge in [0.1, 0.15) is 0 Å². The van der Waals surface area contributed by atoms with Gasteiger partial charge >= 0.3 is 11.9 Å². The molecule has 0 fully saturated rings. The average Bonchev–Trinajstić information content (AvgIpc) is 2.89. The molecule has 8 heteroatoms. The third-order valence-corrected chi connectivity index (χ3v) is 8.12. The lowest BCUT2D eigenvalue weighted by atomic mass is 10.0. The Bertz CT molecular complexity index is 882. The fourth-order valence-electron chi connectivity index (χ4n) is 4.28. The van der Waals surface area contributed by atoms with E-state index in [9.17, 15) is 18.0 Å². The summed E-state index contributed by atoms with van der Waals surface area (Å²) in [4.78, 5) is 24.9. The van der Waals surface area contributed by atoms with Crippen molar-refractivity contribution in [3.8, 4) is 0 Å². The Kier molecular flexibility index (Phi) is 18.8. The van der Waals surface area contributed by atoms with Gasteiger partial charge in [-0.15, -0.1) is 0 Å². The summed E-state index contributed by atoms with van der Waals surface area (Å²) in [6, 6.07) is 6.24. The second-order valence-corrected chi connectivity index (χ2v) is 12.1. The normalized spacial score (nSPS) is 12.3. The van der Waals surface area contributed by atoms with E-state index in [1.54, 1.807) is 12.1 Å². The number of carbonyl (C=O) groups is 2. The molecule has 0 bridgehead atoms. The summed E-state index contributed by atoms with van der Waals surface area (Å²) in [5.74, 6) is -1.31. The first kappa shape index (κ1) is 34.1. The summed E-state index contributed by atoms with van der Waals surface area (Å²) >= 11 is 0. The predicted molar refractivity (Wildman–Crippen MR) is 152 cm³/mol. The molecule has 1 aromatic carbocycles.